The van der Waals surface area contributed by atoms with E-state index in [1.54, 1.807) is 0 Å². The zero-order valence-corrected chi connectivity index (χ0v) is 16.0. The van der Waals surface area contributed by atoms with Gasteiger partial charge in [0.05, 0.1) is 18.9 Å². The molecule has 1 saturated heterocycles. The van der Waals surface area contributed by atoms with Crippen molar-refractivity contribution in [1.29, 1.82) is 0 Å². The van der Waals surface area contributed by atoms with E-state index in [2.05, 4.69) is 47.1 Å². The van der Waals surface area contributed by atoms with E-state index in [1.165, 1.54) is 16.9 Å². The maximum Gasteiger partial charge on any atom is 0.131 e. The molecule has 2 heterocycles. The van der Waals surface area contributed by atoms with Gasteiger partial charge in [-0.2, -0.15) is 5.10 Å². The second kappa shape index (κ2) is 9.16. The average Bonchev–Trinajstić information content (AvgIpc) is 2.94. The first-order chi connectivity index (χ1) is 12.7. The van der Waals surface area contributed by atoms with Gasteiger partial charge in [0, 0.05) is 51.9 Å². The maximum atomic E-state index is 5.89. The monoisotopic (exact) mass is 357 g/mol. The molecule has 1 aliphatic rings. The predicted molar refractivity (Wildman–Crippen MR) is 105 cm³/mol. The third kappa shape index (κ3) is 4.63. The summed E-state index contributed by atoms with van der Waals surface area (Å²) in [6, 6.07) is 10.6. The van der Waals surface area contributed by atoms with Gasteiger partial charge >= 0.3 is 0 Å². The van der Waals surface area contributed by atoms with Crippen LogP contribution in [0.5, 0.6) is 0 Å². The van der Waals surface area contributed by atoms with Crippen LogP contribution in [0.4, 0.5) is 5.82 Å². The lowest BCUT2D eigenvalue weighted by Crippen LogP contribution is -2.38. The minimum absolute atomic E-state index is 0.668. The van der Waals surface area contributed by atoms with Crippen LogP contribution in [0.25, 0.3) is 0 Å². The molecule has 3 rings (SSSR count). The van der Waals surface area contributed by atoms with E-state index >= 15 is 0 Å². The van der Waals surface area contributed by atoms with Gasteiger partial charge in [-0.05, 0) is 18.9 Å². The van der Waals surface area contributed by atoms with Crippen LogP contribution in [0.2, 0.25) is 0 Å². The summed E-state index contributed by atoms with van der Waals surface area (Å²) < 4.78 is 7.54. The molecule has 0 aliphatic carbocycles. The Bertz CT molecular complexity index is 679. The molecular formula is C20H31N5O. The molecule has 1 aliphatic heterocycles. The average molecular weight is 358 g/mol. The number of nitrogens with zero attached hydrogens (tertiary/aromatic N) is 4. The Kier molecular flexibility index (Phi) is 6.66. The molecular weight excluding hydrogens is 326 g/mol. The third-order valence-electron chi connectivity index (χ3n) is 5.01. The molecule has 6 heteroatoms. The van der Waals surface area contributed by atoms with Crippen molar-refractivity contribution in [2.75, 3.05) is 50.8 Å². The van der Waals surface area contributed by atoms with E-state index < -0.39 is 0 Å². The zero-order chi connectivity index (χ0) is 18.4. The molecule has 0 spiro atoms. The molecule has 0 amide bonds. The first-order valence-corrected chi connectivity index (χ1v) is 9.50. The lowest BCUT2D eigenvalue weighted by atomic mass is 10.1. The van der Waals surface area contributed by atoms with Crippen LogP contribution in [0.1, 0.15) is 16.8 Å². The van der Waals surface area contributed by atoms with E-state index in [4.69, 9.17) is 15.6 Å². The minimum atomic E-state index is 0.668. The van der Waals surface area contributed by atoms with Crippen LogP contribution in [-0.4, -0.2) is 60.6 Å². The molecule has 0 unspecified atom stereocenters. The molecule has 0 radical (unpaired) electrons. The fourth-order valence-electron chi connectivity index (χ4n) is 3.65. The Morgan fingerprint density at radius 1 is 1.15 bits per heavy atom. The molecule has 1 aromatic heterocycles. The molecule has 1 aromatic carbocycles. The van der Waals surface area contributed by atoms with Gasteiger partial charge in [0.2, 0.25) is 0 Å². The van der Waals surface area contributed by atoms with Crippen molar-refractivity contribution in [1.82, 2.24) is 14.7 Å². The van der Waals surface area contributed by atoms with E-state index in [1.807, 2.05) is 11.7 Å². The number of hydrogen-bond donors (Lipinski definition) is 1. The van der Waals surface area contributed by atoms with Crippen molar-refractivity contribution >= 4 is 5.82 Å². The van der Waals surface area contributed by atoms with Crippen molar-refractivity contribution in [3.63, 3.8) is 0 Å². The summed E-state index contributed by atoms with van der Waals surface area (Å²) in [4.78, 5) is 4.84. The van der Waals surface area contributed by atoms with Crippen LogP contribution in [0.15, 0.2) is 30.3 Å². The molecule has 142 valence electrons. The van der Waals surface area contributed by atoms with Crippen LogP contribution in [0, 0.1) is 6.92 Å². The fraction of sp³-hybridized carbons (Fsp3) is 0.550. The fourth-order valence-corrected chi connectivity index (χ4v) is 3.65. The SMILES string of the molecule is Cc1nn(C)c(N2CCOCC2)c1CN(CCN)CCc1ccccc1. The Morgan fingerprint density at radius 3 is 2.58 bits per heavy atom. The number of nitrogens with two attached hydrogens (primary N) is 1. The molecule has 0 saturated carbocycles. The third-order valence-corrected chi connectivity index (χ3v) is 5.01. The van der Waals surface area contributed by atoms with E-state index in [0.29, 0.717) is 6.54 Å². The Hall–Kier alpha value is -1.89. The smallest absolute Gasteiger partial charge is 0.131 e. The summed E-state index contributed by atoms with van der Waals surface area (Å²) in [5.41, 5.74) is 9.68. The summed E-state index contributed by atoms with van der Waals surface area (Å²) in [6.45, 7) is 8.96. The standard InChI is InChI=1S/C20H31N5O/c1-17-19(20(23(2)22-17)25-12-14-26-15-13-25)16-24(11-9-21)10-8-18-6-4-3-5-7-18/h3-7H,8-16,21H2,1-2H3. The number of aryl methyl sites for hydroxylation is 2. The molecule has 0 bridgehead atoms. The quantitative estimate of drug-likeness (QED) is 0.777. The van der Waals surface area contributed by atoms with Crippen molar-refractivity contribution in [3.8, 4) is 0 Å². The first-order valence-electron chi connectivity index (χ1n) is 9.50. The lowest BCUT2D eigenvalue weighted by molar-refractivity contribution is 0.122. The van der Waals surface area contributed by atoms with Crippen molar-refractivity contribution in [2.24, 2.45) is 12.8 Å². The van der Waals surface area contributed by atoms with Crippen molar-refractivity contribution < 1.29 is 4.74 Å². The number of anilines is 1. The summed E-state index contributed by atoms with van der Waals surface area (Å²) in [5, 5.41) is 4.69. The molecule has 2 N–H and O–H groups in total. The summed E-state index contributed by atoms with van der Waals surface area (Å²) in [5.74, 6) is 1.23. The summed E-state index contributed by atoms with van der Waals surface area (Å²) in [6.07, 6.45) is 1.03. The van der Waals surface area contributed by atoms with E-state index in [-0.39, 0.29) is 0 Å². The first kappa shape index (κ1) is 18.9. The highest BCUT2D eigenvalue weighted by molar-refractivity contribution is 5.50. The number of aromatic nitrogens is 2. The number of ether oxygens (including phenoxy) is 1. The number of hydrogen-bond acceptors (Lipinski definition) is 5. The number of rotatable bonds is 8. The van der Waals surface area contributed by atoms with Crippen LogP contribution in [0.3, 0.4) is 0 Å². The number of benzene rings is 1. The molecule has 0 atom stereocenters. The van der Waals surface area contributed by atoms with Crippen molar-refractivity contribution in [2.45, 2.75) is 19.9 Å². The van der Waals surface area contributed by atoms with Gasteiger partial charge in [-0.15, -0.1) is 0 Å². The topological polar surface area (TPSA) is 59.5 Å². The molecule has 1 fully saturated rings. The molecule has 2 aromatic rings. The molecule has 6 nitrogen and oxygen atoms in total. The van der Waals surface area contributed by atoms with Crippen LogP contribution in [-0.2, 0) is 24.8 Å². The van der Waals surface area contributed by atoms with Crippen LogP contribution < -0.4 is 10.6 Å². The Balaban J connectivity index is 1.73. The van der Waals surface area contributed by atoms with Gasteiger partial charge in [0.1, 0.15) is 5.82 Å². The Morgan fingerprint density at radius 2 is 1.88 bits per heavy atom. The van der Waals surface area contributed by atoms with E-state index in [0.717, 1.165) is 58.1 Å². The second-order valence-electron chi connectivity index (χ2n) is 6.91. The second-order valence-corrected chi connectivity index (χ2v) is 6.91. The van der Waals surface area contributed by atoms with Gasteiger partial charge in [-0.25, -0.2) is 0 Å². The Labute approximate surface area is 156 Å². The maximum absolute atomic E-state index is 5.89. The highest BCUT2D eigenvalue weighted by Crippen LogP contribution is 2.25. The summed E-state index contributed by atoms with van der Waals surface area (Å²) >= 11 is 0. The molecule has 26 heavy (non-hydrogen) atoms. The van der Waals surface area contributed by atoms with E-state index in [9.17, 15) is 0 Å². The highest BCUT2D eigenvalue weighted by Gasteiger charge is 2.22. The van der Waals surface area contributed by atoms with Gasteiger partial charge < -0.3 is 15.4 Å². The van der Waals surface area contributed by atoms with Crippen molar-refractivity contribution in [3.05, 3.63) is 47.2 Å². The van der Waals surface area contributed by atoms with Gasteiger partial charge in [-0.3, -0.25) is 9.58 Å². The lowest BCUT2D eigenvalue weighted by Gasteiger charge is -2.31. The highest BCUT2D eigenvalue weighted by atomic mass is 16.5. The van der Waals surface area contributed by atoms with Gasteiger partial charge in [0.15, 0.2) is 0 Å². The number of morpholine rings is 1. The largest absolute Gasteiger partial charge is 0.378 e. The predicted octanol–water partition coefficient (Wildman–Crippen LogP) is 1.57. The normalized spacial score (nSPS) is 15.0. The van der Waals surface area contributed by atoms with Gasteiger partial charge in [-0.1, -0.05) is 30.3 Å². The summed E-state index contributed by atoms with van der Waals surface area (Å²) in [7, 11) is 2.04. The van der Waals surface area contributed by atoms with Crippen LogP contribution >= 0.6 is 0 Å². The van der Waals surface area contributed by atoms with Gasteiger partial charge in [0.25, 0.3) is 0 Å². The minimum Gasteiger partial charge on any atom is -0.378 e. The zero-order valence-electron chi connectivity index (χ0n) is 16.0.